The molecule has 0 saturated heterocycles. The summed E-state index contributed by atoms with van der Waals surface area (Å²) < 4.78 is 0.976. The highest BCUT2D eigenvalue weighted by Crippen LogP contribution is 2.21. The molecule has 2 N–H and O–H groups in total. The number of carboxylic acid groups (broad SMARTS) is 1. The van der Waals surface area contributed by atoms with Gasteiger partial charge in [-0.1, -0.05) is 57.9 Å². The number of carbonyl (C=O) groups is 1. The Kier molecular flexibility index (Phi) is 7.09. The highest BCUT2D eigenvalue weighted by Gasteiger charge is 2.12. The van der Waals surface area contributed by atoms with Crippen molar-refractivity contribution in [1.82, 2.24) is 5.32 Å². The van der Waals surface area contributed by atoms with E-state index in [9.17, 15) is 4.79 Å². The molecule has 2 aromatic carbocycles. The minimum atomic E-state index is -0.773. The van der Waals surface area contributed by atoms with Crippen molar-refractivity contribution in [2.45, 2.75) is 31.8 Å². The van der Waals surface area contributed by atoms with Crippen LogP contribution >= 0.6 is 27.5 Å². The Labute approximate surface area is 149 Å². The van der Waals surface area contributed by atoms with E-state index in [4.69, 9.17) is 16.7 Å². The fourth-order valence-corrected chi connectivity index (χ4v) is 3.00. The minimum absolute atomic E-state index is 0.0866. The number of carboxylic acids is 1. The maximum Gasteiger partial charge on any atom is 0.303 e. The average Bonchev–Trinajstić information content (AvgIpc) is 2.54. The van der Waals surface area contributed by atoms with Gasteiger partial charge in [0, 0.05) is 28.5 Å². The molecule has 2 aromatic rings. The largest absolute Gasteiger partial charge is 0.481 e. The standard InChI is InChI=1S/C18H19BrClNO2/c19-15-6-8-17(20)14(11-15)12-21-16(7-9-18(22)23)10-13-4-2-1-3-5-13/h1-6,8,11,16,21H,7,9-10,12H2,(H,22,23). The second kappa shape index (κ2) is 9.06. The van der Waals surface area contributed by atoms with Crippen molar-refractivity contribution in [3.63, 3.8) is 0 Å². The van der Waals surface area contributed by atoms with Crippen LogP contribution in [-0.4, -0.2) is 17.1 Å². The van der Waals surface area contributed by atoms with E-state index in [1.165, 1.54) is 5.56 Å². The highest BCUT2D eigenvalue weighted by atomic mass is 79.9. The second-order valence-corrected chi connectivity index (χ2v) is 6.76. The summed E-state index contributed by atoms with van der Waals surface area (Å²) in [6, 6.07) is 15.9. The van der Waals surface area contributed by atoms with Crippen LogP contribution in [0.25, 0.3) is 0 Å². The number of nitrogens with one attached hydrogen (secondary N) is 1. The summed E-state index contributed by atoms with van der Waals surface area (Å²) in [5.74, 6) is -0.773. The van der Waals surface area contributed by atoms with Crippen molar-refractivity contribution in [3.05, 3.63) is 69.2 Å². The maximum absolute atomic E-state index is 10.9. The molecule has 0 aromatic heterocycles. The molecular weight excluding hydrogens is 378 g/mol. The van der Waals surface area contributed by atoms with E-state index in [0.717, 1.165) is 16.5 Å². The molecule has 0 fully saturated rings. The number of rotatable bonds is 8. The smallest absolute Gasteiger partial charge is 0.303 e. The zero-order valence-corrected chi connectivity index (χ0v) is 15.0. The van der Waals surface area contributed by atoms with Gasteiger partial charge in [-0.3, -0.25) is 4.79 Å². The van der Waals surface area contributed by atoms with Gasteiger partial charge in [0.2, 0.25) is 0 Å². The first-order valence-electron chi connectivity index (χ1n) is 7.47. The molecule has 0 heterocycles. The predicted molar refractivity (Wildman–Crippen MR) is 96.8 cm³/mol. The summed E-state index contributed by atoms with van der Waals surface area (Å²) >= 11 is 9.66. The van der Waals surface area contributed by atoms with Gasteiger partial charge in [0.15, 0.2) is 0 Å². The molecule has 0 aliphatic carbocycles. The Hall–Kier alpha value is -1.36. The van der Waals surface area contributed by atoms with Crippen LogP contribution < -0.4 is 5.32 Å². The van der Waals surface area contributed by atoms with Gasteiger partial charge in [-0.15, -0.1) is 0 Å². The molecule has 2 rings (SSSR count). The van der Waals surface area contributed by atoms with Gasteiger partial charge in [0.25, 0.3) is 0 Å². The second-order valence-electron chi connectivity index (χ2n) is 5.44. The minimum Gasteiger partial charge on any atom is -0.481 e. The summed E-state index contributed by atoms with van der Waals surface area (Å²) in [4.78, 5) is 10.9. The predicted octanol–water partition coefficient (Wildman–Crippen LogP) is 4.67. The third kappa shape index (κ3) is 6.34. The Morgan fingerprint density at radius 2 is 1.96 bits per heavy atom. The van der Waals surface area contributed by atoms with Gasteiger partial charge < -0.3 is 10.4 Å². The Morgan fingerprint density at radius 1 is 1.22 bits per heavy atom. The average molecular weight is 397 g/mol. The van der Waals surface area contributed by atoms with Crippen molar-refractivity contribution in [1.29, 1.82) is 0 Å². The first kappa shape index (κ1) is 18.0. The summed E-state index contributed by atoms with van der Waals surface area (Å²) in [6.07, 6.45) is 1.52. The van der Waals surface area contributed by atoms with Crippen LogP contribution in [0, 0.1) is 0 Å². The van der Waals surface area contributed by atoms with Crippen LogP contribution in [0.1, 0.15) is 24.0 Å². The van der Waals surface area contributed by atoms with E-state index in [2.05, 4.69) is 33.4 Å². The van der Waals surface area contributed by atoms with Gasteiger partial charge in [0.05, 0.1) is 0 Å². The fraction of sp³-hybridized carbons (Fsp3) is 0.278. The lowest BCUT2D eigenvalue weighted by Gasteiger charge is -2.19. The molecule has 0 saturated carbocycles. The van der Waals surface area contributed by atoms with Crippen molar-refractivity contribution in [2.24, 2.45) is 0 Å². The zero-order valence-electron chi connectivity index (χ0n) is 12.6. The van der Waals surface area contributed by atoms with Crippen LogP contribution in [0.5, 0.6) is 0 Å². The van der Waals surface area contributed by atoms with Crippen molar-refractivity contribution < 1.29 is 9.90 Å². The van der Waals surface area contributed by atoms with E-state index in [1.807, 2.05) is 36.4 Å². The lowest BCUT2D eigenvalue weighted by Crippen LogP contribution is -2.31. The molecule has 5 heteroatoms. The lowest BCUT2D eigenvalue weighted by atomic mass is 10.0. The Balaban J connectivity index is 2.01. The lowest BCUT2D eigenvalue weighted by molar-refractivity contribution is -0.137. The van der Waals surface area contributed by atoms with Crippen LogP contribution in [0.3, 0.4) is 0 Å². The third-order valence-electron chi connectivity index (χ3n) is 3.62. The quantitative estimate of drug-likeness (QED) is 0.682. The van der Waals surface area contributed by atoms with Crippen molar-refractivity contribution in [3.8, 4) is 0 Å². The third-order valence-corrected chi connectivity index (χ3v) is 4.48. The van der Waals surface area contributed by atoms with Crippen molar-refractivity contribution in [2.75, 3.05) is 0 Å². The first-order valence-corrected chi connectivity index (χ1v) is 8.64. The molecule has 1 atom stereocenters. The molecule has 3 nitrogen and oxygen atoms in total. The number of benzene rings is 2. The van der Waals surface area contributed by atoms with Gasteiger partial charge in [-0.25, -0.2) is 0 Å². The topological polar surface area (TPSA) is 49.3 Å². The van der Waals surface area contributed by atoms with Crippen LogP contribution in [0.4, 0.5) is 0 Å². The molecule has 0 aliphatic rings. The van der Waals surface area contributed by atoms with E-state index < -0.39 is 5.97 Å². The molecule has 0 bridgehead atoms. The van der Waals surface area contributed by atoms with Gasteiger partial charge in [-0.2, -0.15) is 0 Å². The first-order chi connectivity index (χ1) is 11.0. The summed E-state index contributed by atoms with van der Waals surface area (Å²) in [5.41, 5.74) is 2.19. The fourth-order valence-electron chi connectivity index (χ4n) is 2.41. The van der Waals surface area contributed by atoms with E-state index >= 15 is 0 Å². The number of aliphatic carboxylic acids is 1. The Morgan fingerprint density at radius 3 is 2.65 bits per heavy atom. The zero-order chi connectivity index (χ0) is 16.7. The molecule has 1 unspecified atom stereocenters. The van der Waals surface area contributed by atoms with E-state index in [-0.39, 0.29) is 12.5 Å². The highest BCUT2D eigenvalue weighted by molar-refractivity contribution is 9.10. The molecule has 122 valence electrons. The normalized spacial score (nSPS) is 12.1. The summed E-state index contributed by atoms with van der Waals surface area (Å²) in [7, 11) is 0. The monoisotopic (exact) mass is 395 g/mol. The molecule has 0 radical (unpaired) electrons. The van der Waals surface area contributed by atoms with Crippen molar-refractivity contribution >= 4 is 33.5 Å². The number of halogens is 2. The summed E-state index contributed by atoms with van der Waals surface area (Å²) in [5, 5.41) is 13.1. The molecule has 0 aliphatic heterocycles. The van der Waals surface area contributed by atoms with Gasteiger partial charge in [0.1, 0.15) is 0 Å². The van der Waals surface area contributed by atoms with Crippen LogP contribution in [0.15, 0.2) is 53.0 Å². The molecular formula is C18H19BrClNO2. The molecule has 0 amide bonds. The van der Waals surface area contributed by atoms with E-state index in [1.54, 1.807) is 0 Å². The SMILES string of the molecule is O=C(O)CCC(Cc1ccccc1)NCc1cc(Br)ccc1Cl. The van der Waals surface area contributed by atoms with Crippen LogP contribution in [-0.2, 0) is 17.8 Å². The van der Waals surface area contributed by atoms with Crippen LogP contribution in [0.2, 0.25) is 5.02 Å². The van der Waals surface area contributed by atoms with Gasteiger partial charge in [-0.05, 0) is 42.2 Å². The van der Waals surface area contributed by atoms with Gasteiger partial charge >= 0.3 is 5.97 Å². The van der Waals surface area contributed by atoms with E-state index in [0.29, 0.717) is 18.0 Å². The summed E-state index contributed by atoms with van der Waals surface area (Å²) in [6.45, 7) is 0.607. The molecule has 23 heavy (non-hydrogen) atoms. The Bertz CT molecular complexity index is 649. The number of hydrogen-bond donors (Lipinski definition) is 2. The number of hydrogen-bond acceptors (Lipinski definition) is 2. The molecule has 0 spiro atoms. The maximum atomic E-state index is 10.9.